The van der Waals surface area contributed by atoms with Crippen LogP contribution in [0.2, 0.25) is 0 Å². The van der Waals surface area contributed by atoms with Crippen LogP contribution in [0.15, 0.2) is 18.3 Å². The van der Waals surface area contributed by atoms with Gasteiger partial charge in [-0.05, 0) is 30.9 Å². The minimum Gasteiger partial charge on any atom is -0.346 e. The molecule has 2 rings (SSSR count). The molecule has 1 heterocycles. The number of aromatic nitrogens is 1. The Hall–Kier alpha value is -1.50. The molecule has 106 valence electrons. The molecule has 7 heteroatoms. The standard InChI is InChI=1S/C12H16F3N3O/c13-12(14,15)7-18-5-1-2-10(18)11(19)17-9(6-16)8-3-4-8/h1-2,5,8-9H,3-4,6-7,16H2,(H,17,19). The molecule has 0 saturated heterocycles. The average Bonchev–Trinajstić information content (AvgIpc) is 3.05. The van der Waals surface area contributed by atoms with Crippen LogP contribution in [0, 0.1) is 5.92 Å². The summed E-state index contributed by atoms with van der Waals surface area (Å²) in [6, 6.07) is 2.65. The van der Waals surface area contributed by atoms with Crippen molar-refractivity contribution < 1.29 is 18.0 Å². The average molecular weight is 275 g/mol. The molecule has 0 spiro atoms. The molecule has 0 aliphatic heterocycles. The Labute approximate surface area is 108 Å². The van der Waals surface area contributed by atoms with Gasteiger partial charge in [-0.1, -0.05) is 0 Å². The lowest BCUT2D eigenvalue weighted by molar-refractivity contribution is -0.140. The molecule has 1 aliphatic carbocycles. The van der Waals surface area contributed by atoms with Gasteiger partial charge >= 0.3 is 6.18 Å². The third-order valence-corrected chi connectivity index (χ3v) is 3.17. The number of nitrogens with zero attached hydrogens (tertiary/aromatic N) is 1. The first kappa shape index (κ1) is 13.9. The van der Waals surface area contributed by atoms with E-state index in [1.54, 1.807) is 0 Å². The van der Waals surface area contributed by atoms with E-state index in [1.165, 1.54) is 18.3 Å². The second-order valence-electron chi connectivity index (χ2n) is 4.79. The van der Waals surface area contributed by atoms with E-state index in [9.17, 15) is 18.0 Å². The summed E-state index contributed by atoms with van der Waals surface area (Å²) in [4.78, 5) is 12.0. The minimum absolute atomic E-state index is 0.0106. The number of nitrogens with one attached hydrogen (secondary N) is 1. The molecular weight excluding hydrogens is 259 g/mol. The summed E-state index contributed by atoms with van der Waals surface area (Å²) in [5.74, 6) is -0.142. The SMILES string of the molecule is NCC(NC(=O)c1cccn1CC(F)(F)F)C1CC1. The van der Waals surface area contributed by atoms with E-state index in [-0.39, 0.29) is 11.7 Å². The van der Waals surface area contributed by atoms with Gasteiger partial charge in [0.25, 0.3) is 5.91 Å². The molecule has 0 bridgehead atoms. The number of rotatable bonds is 5. The first-order valence-corrected chi connectivity index (χ1v) is 6.13. The summed E-state index contributed by atoms with van der Waals surface area (Å²) >= 11 is 0. The Kier molecular flexibility index (Phi) is 3.84. The van der Waals surface area contributed by atoms with E-state index in [1.807, 2.05) is 0 Å². The van der Waals surface area contributed by atoms with Gasteiger partial charge in [-0.2, -0.15) is 13.2 Å². The zero-order valence-corrected chi connectivity index (χ0v) is 10.3. The number of halogens is 3. The van der Waals surface area contributed by atoms with Crippen LogP contribution >= 0.6 is 0 Å². The molecule has 4 nitrogen and oxygen atoms in total. The predicted octanol–water partition coefficient (Wildman–Crippen LogP) is 1.52. The van der Waals surface area contributed by atoms with Crippen LogP contribution < -0.4 is 11.1 Å². The van der Waals surface area contributed by atoms with Crippen molar-refractivity contribution in [3.8, 4) is 0 Å². The van der Waals surface area contributed by atoms with Gasteiger partial charge in [-0.3, -0.25) is 4.79 Å². The second kappa shape index (κ2) is 5.24. The van der Waals surface area contributed by atoms with Crippen LogP contribution in [0.25, 0.3) is 0 Å². The summed E-state index contributed by atoms with van der Waals surface area (Å²) in [5, 5.41) is 2.71. The van der Waals surface area contributed by atoms with E-state index in [2.05, 4.69) is 5.32 Å². The summed E-state index contributed by atoms with van der Waals surface area (Å²) in [5.41, 5.74) is 5.56. The highest BCUT2D eigenvalue weighted by Gasteiger charge is 2.33. The number of hydrogen-bond donors (Lipinski definition) is 2. The van der Waals surface area contributed by atoms with Gasteiger partial charge in [0.2, 0.25) is 0 Å². The molecular formula is C12H16F3N3O. The largest absolute Gasteiger partial charge is 0.406 e. The van der Waals surface area contributed by atoms with Crippen LogP contribution in [-0.4, -0.2) is 29.2 Å². The monoisotopic (exact) mass is 275 g/mol. The molecule has 1 atom stereocenters. The van der Waals surface area contributed by atoms with E-state index in [4.69, 9.17) is 5.73 Å². The van der Waals surface area contributed by atoms with Crippen LogP contribution in [0.5, 0.6) is 0 Å². The predicted molar refractivity (Wildman–Crippen MR) is 63.5 cm³/mol. The number of alkyl halides is 3. The van der Waals surface area contributed by atoms with Gasteiger partial charge in [0.15, 0.2) is 0 Å². The molecule has 3 N–H and O–H groups in total. The van der Waals surface area contributed by atoms with Gasteiger partial charge in [0.05, 0.1) is 0 Å². The van der Waals surface area contributed by atoms with Crippen molar-refractivity contribution in [1.82, 2.24) is 9.88 Å². The van der Waals surface area contributed by atoms with Gasteiger partial charge in [0, 0.05) is 18.8 Å². The lowest BCUT2D eigenvalue weighted by atomic mass is 10.2. The molecule has 1 amide bonds. The zero-order chi connectivity index (χ0) is 14.0. The quantitative estimate of drug-likeness (QED) is 0.856. The third-order valence-electron chi connectivity index (χ3n) is 3.17. The van der Waals surface area contributed by atoms with Crippen molar-refractivity contribution in [2.24, 2.45) is 11.7 Å². The molecule has 0 radical (unpaired) electrons. The molecule has 0 aromatic carbocycles. The zero-order valence-electron chi connectivity index (χ0n) is 10.3. The Morgan fingerprint density at radius 1 is 1.53 bits per heavy atom. The van der Waals surface area contributed by atoms with E-state index in [0.29, 0.717) is 12.5 Å². The lowest BCUT2D eigenvalue weighted by Crippen LogP contribution is -2.42. The smallest absolute Gasteiger partial charge is 0.346 e. The first-order valence-electron chi connectivity index (χ1n) is 6.13. The highest BCUT2D eigenvalue weighted by atomic mass is 19.4. The van der Waals surface area contributed by atoms with Crippen molar-refractivity contribution >= 4 is 5.91 Å². The fourth-order valence-corrected chi connectivity index (χ4v) is 2.06. The van der Waals surface area contributed by atoms with E-state index >= 15 is 0 Å². The maximum Gasteiger partial charge on any atom is 0.406 e. The number of hydrogen-bond acceptors (Lipinski definition) is 2. The third kappa shape index (κ3) is 3.73. The van der Waals surface area contributed by atoms with Crippen LogP contribution in [0.3, 0.4) is 0 Å². The van der Waals surface area contributed by atoms with Gasteiger partial charge in [-0.15, -0.1) is 0 Å². The Morgan fingerprint density at radius 3 is 2.74 bits per heavy atom. The summed E-state index contributed by atoms with van der Waals surface area (Å²) in [6.07, 6.45) is -1.09. The van der Waals surface area contributed by atoms with Crippen LogP contribution in [0.4, 0.5) is 13.2 Å². The maximum absolute atomic E-state index is 12.4. The highest BCUT2D eigenvalue weighted by molar-refractivity contribution is 5.93. The summed E-state index contributed by atoms with van der Waals surface area (Å²) in [6.45, 7) is -0.865. The van der Waals surface area contributed by atoms with E-state index < -0.39 is 18.6 Å². The van der Waals surface area contributed by atoms with E-state index in [0.717, 1.165) is 17.4 Å². The lowest BCUT2D eigenvalue weighted by Gasteiger charge is -2.17. The normalized spacial score (nSPS) is 17.3. The molecule has 1 aromatic heterocycles. The number of carbonyl (C=O) groups excluding carboxylic acids is 1. The Morgan fingerprint density at radius 2 is 2.21 bits per heavy atom. The molecule has 1 saturated carbocycles. The van der Waals surface area contributed by atoms with Crippen LogP contribution in [-0.2, 0) is 6.54 Å². The van der Waals surface area contributed by atoms with Crippen LogP contribution in [0.1, 0.15) is 23.3 Å². The molecule has 1 aromatic rings. The summed E-state index contributed by atoms with van der Waals surface area (Å²) in [7, 11) is 0. The maximum atomic E-state index is 12.4. The number of amides is 1. The molecule has 1 fully saturated rings. The second-order valence-corrected chi connectivity index (χ2v) is 4.79. The first-order chi connectivity index (χ1) is 8.90. The van der Waals surface area contributed by atoms with Gasteiger partial charge in [-0.25, -0.2) is 0 Å². The fraction of sp³-hybridized carbons (Fsp3) is 0.583. The Balaban J connectivity index is 2.04. The highest BCUT2D eigenvalue weighted by Crippen LogP contribution is 2.32. The van der Waals surface area contributed by atoms with Crippen molar-refractivity contribution in [1.29, 1.82) is 0 Å². The molecule has 1 aliphatic rings. The Bertz CT molecular complexity index is 451. The fourth-order valence-electron chi connectivity index (χ4n) is 2.06. The van der Waals surface area contributed by atoms with Gasteiger partial charge in [0.1, 0.15) is 12.2 Å². The van der Waals surface area contributed by atoms with Crippen molar-refractivity contribution in [2.45, 2.75) is 31.6 Å². The summed E-state index contributed by atoms with van der Waals surface area (Å²) < 4.78 is 38.0. The van der Waals surface area contributed by atoms with Crippen molar-refractivity contribution in [3.63, 3.8) is 0 Å². The molecule has 19 heavy (non-hydrogen) atoms. The van der Waals surface area contributed by atoms with Crippen molar-refractivity contribution in [2.75, 3.05) is 6.54 Å². The minimum atomic E-state index is -4.35. The number of nitrogens with two attached hydrogens (primary N) is 1. The van der Waals surface area contributed by atoms with Crippen molar-refractivity contribution in [3.05, 3.63) is 24.0 Å². The number of carbonyl (C=O) groups is 1. The topological polar surface area (TPSA) is 60.0 Å². The molecule has 1 unspecified atom stereocenters. The van der Waals surface area contributed by atoms with Gasteiger partial charge < -0.3 is 15.6 Å².